The van der Waals surface area contributed by atoms with Gasteiger partial charge in [-0.3, -0.25) is 72.3 Å². The molecule has 2 saturated heterocycles. The molecule has 2 aliphatic rings. The molecular weight excluding hydrogens is 1350 g/mol. The summed E-state index contributed by atoms with van der Waals surface area (Å²) in [4.78, 5) is 200. The van der Waals surface area contributed by atoms with Crippen LogP contribution in [0.1, 0.15) is 111 Å². The van der Waals surface area contributed by atoms with Gasteiger partial charge in [-0.1, -0.05) is 74.3 Å². The third-order valence-corrected chi connectivity index (χ3v) is 18.5. The molecule has 2 fully saturated rings. The minimum Gasteiger partial charge on any atom is -0.508 e. The van der Waals surface area contributed by atoms with Crippen molar-refractivity contribution in [1.29, 1.82) is 0 Å². The summed E-state index contributed by atoms with van der Waals surface area (Å²) in [6.07, 6.45) is 2.18. The summed E-state index contributed by atoms with van der Waals surface area (Å²) in [6, 6.07) is -7.73. The molecule has 0 spiro atoms. The average Bonchev–Trinajstić information content (AvgIpc) is 1.01. The molecule has 1 aromatic carbocycles. The number of aliphatic imine (C=N–C) groups is 2. The number of aromatic hydroxyl groups is 1. The van der Waals surface area contributed by atoms with E-state index >= 15 is 0 Å². The minimum atomic E-state index is -1.54. The Hall–Kier alpha value is -9.24. The Morgan fingerprint density at radius 2 is 1.11 bits per heavy atom. The lowest BCUT2D eigenvalue weighted by molar-refractivity contribution is -0.142. The highest BCUT2D eigenvalue weighted by molar-refractivity contribution is 8.76. The first-order chi connectivity index (χ1) is 47.5. The van der Waals surface area contributed by atoms with E-state index in [1.54, 1.807) is 27.7 Å². The van der Waals surface area contributed by atoms with E-state index in [1.807, 2.05) is 0 Å². The van der Waals surface area contributed by atoms with Crippen LogP contribution in [0.25, 0.3) is 0 Å². The van der Waals surface area contributed by atoms with E-state index in [1.165, 1.54) is 31.2 Å². The third-order valence-electron chi connectivity index (χ3n) is 16.0. The van der Waals surface area contributed by atoms with Gasteiger partial charge < -0.3 is 113 Å². The maximum absolute atomic E-state index is 14.5. The molecule has 12 atom stereocenters. The first kappa shape index (κ1) is 85.0. The average molecular weight is 1450 g/mol. The molecule has 37 nitrogen and oxygen atoms in total. The molecule has 100 heavy (non-hydrogen) atoms. The van der Waals surface area contributed by atoms with Crippen LogP contribution in [-0.2, 0) is 73.5 Å². The number of phenols is 1. The van der Waals surface area contributed by atoms with Crippen molar-refractivity contribution >= 4 is 116 Å². The van der Waals surface area contributed by atoms with Crippen LogP contribution in [0.3, 0.4) is 0 Å². The van der Waals surface area contributed by atoms with Gasteiger partial charge >= 0.3 is 5.97 Å². The maximum atomic E-state index is 14.5. The molecule has 2 heterocycles. The van der Waals surface area contributed by atoms with Gasteiger partial charge in [0, 0.05) is 31.0 Å². The summed E-state index contributed by atoms with van der Waals surface area (Å²) in [5.74, 6) is -14.9. The van der Waals surface area contributed by atoms with E-state index in [0.717, 1.165) is 21.6 Å². The summed E-state index contributed by atoms with van der Waals surface area (Å²) < 4.78 is 0. The molecule has 3 rings (SSSR count). The molecule has 2 aliphatic heterocycles. The number of nitrogens with two attached hydrogens (primary N) is 5. The van der Waals surface area contributed by atoms with Crippen molar-refractivity contribution in [3.8, 4) is 5.75 Å². The predicted octanol–water partition coefficient (Wildman–Crippen LogP) is -6.66. The van der Waals surface area contributed by atoms with Gasteiger partial charge in [-0.05, 0) is 107 Å². The van der Waals surface area contributed by atoms with Crippen LogP contribution in [0.5, 0.6) is 5.75 Å². The van der Waals surface area contributed by atoms with E-state index in [4.69, 9.17) is 28.7 Å². The van der Waals surface area contributed by atoms with Crippen molar-refractivity contribution in [3.63, 3.8) is 0 Å². The lowest BCUT2D eigenvalue weighted by atomic mass is 9.94. The van der Waals surface area contributed by atoms with Crippen molar-refractivity contribution in [1.82, 2.24) is 74.4 Å². The number of benzene rings is 1. The fraction of sp³-hybridized carbons (Fsp3) is 0.639. The van der Waals surface area contributed by atoms with Crippen molar-refractivity contribution in [2.75, 3.05) is 63.9 Å². The first-order valence-corrected chi connectivity index (χ1v) is 35.5. The zero-order valence-corrected chi connectivity index (χ0v) is 58.6. The SMILES string of the molecule is CC[C@H](C)[C@@H]1NC(=O)[C@H](CCCN=C(N)N)NC(=O)[C@H](C)NC(=O)[C@H](CCCCN)NC(=O)[C@@H](NC(=O)[C@@H]2CCCN2)CSSC[C@@H](C(=O)N[C@@H](CCCN=C(N)N)C(=O)O)NC(=O)CNC(=O)CNC(=O)[C@H](Cc2ccc(O)cc2)NC(=O)CNC(=O)CNC(=O)[C@H]([C@@H](C)CC)NC1=O. The molecule has 0 bridgehead atoms. The van der Waals surface area contributed by atoms with Gasteiger partial charge in [-0.15, -0.1) is 0 Å². The van der Waals surface area contributed by atoms with E-state index in [2.05, 4.69) is 84.4 Å². The largest absolute Gasteiger partial charge is 0.508 e. The topological polar surface area (TPSA) is 603 Å². The molecule has 13 amide bonds. The number of guanidine groups is 2. The zero-order chi connectivity index (χ0) is 74.4. The van der Waals surface area contributed by atoms with Gasteiger partial charge in [0.15, 0.2) is 11.9 Å². The van der Waals surface area contributed by atoms with Crippen LogP contribution < -0.4 is 103 Å². The van der Waals surface area contributed by atoms with E-state index in [-0.39, 0.29) is 87.3 Å². The number of hydrogen-bond acceptors (Lipinski definition) is 21. The minimum absolute atomic E-state index is 0.0109. The number of nitrogens with zero attached hydrogens (tertiary/aromatic N) is 2. The van der Waals surface area contributed by atoms with Crippen LogP contribution in [-0.4, -0.2) is 229 Å². The standard InChI is InChI=1S/C61H101N21O16S2/c1-6-32(3)48-57(95)73-27-45(85)70-28-46(86)75-41(25-35-17-19-36(83)20-18-35)51(89)72-26-44(84)71-29-47(87)76-42(55(93)79-40(59(97)98)16-12-24-69-61(65)66)30-99-100-31-43(80-52(90)37-14-10-22-67-37)56(94)78-38(13-8-9-21-62)53(91)74-34(5)50(88)77-39(15-11-23-68-60(63)64)54(92)81-49(33(4)7-2)58(96)82-48/h17-20,32-34,37-43,48-49,67,83H,6-16,21-31,62H2,1-5H3,(H,70,85)(H,71,84)(H,72,89)(H,73,95)(H,74,91)(H,75,86)(H,76,87)(H,77,88)(H,78,94)(H,79,93)(H,80,90)(H,81,92)(H,82,96)(H,97,98)(H4,63,64,68)(H4,65,66,69)/t32-,33-,34-,37-,38-,39-,40-,41-,42-,43-,48-,49-/m0/s1. The Morgan fingerprint density at radius 3 is 1.68 bits per heavy atom. The number of amides is 13. The highest BCUT2D eigenvalue weighted by Gasteiger charge is 2.37. The quantitative estimate of drug-likeness (QED) is 0.0210. The van der Waals surface area contributed by atoms with Gasteiger partial charge in [0.2, 0.25) is 76.8 Å². The van der Waals surface area contributed by atoms with Gasteiger partial charge in [0.1, 0.15) is 60.1 Å². The van der Waals surface area contributed by atoms with Crippen LogP contribution in [0, 0.1) is 11.8 Å². The van der Waals surface area contributed by atoms with Gasteiger partial charge in [0.25, 0.3) is 0 Å². The number of hydrogen-bond donors (Lipinski definition) is 21. The van der Waals surface area contributed by atoms with Gasteiger partial charge in [0.05, 0.1) is 32.2 Å². The molecule has 39 heteroatoms. The van der Waals surface area contributed by atoms with Crippen molar-refractivity contribution in [2.45, 2.75) is 172 Å². The number of phenolic OH excluding ortho intramolecular Hbond substituents is 1. The van der Waals surface area contributed by atoms with E-state index in [9.17, 15) is 77.3 Å². The molecular formula is C61H101N21O16S2. The lowest BCUT2D eigenvalue weighted by Gasteiger charge is -2.30. The number of carboxylic acid groups (broad SMARTS) is 1. The summed E-state index contributed by atoms with van der Waals surface area (Å²) in [5.41, 5.74) is 28.2. The smallest absolute Gasteiger partial charge is 0.326 e. The molecule has 0 radical (unpaired) electrons. The Labute approximate surface area is 587 Å². The summed E-state index contributed by atoms with van der Waals surface area (Å²) in [5, 5.41) is 55.9. The molecule has 0 unspecified atom stereocenters. The molecule has 0 aromatic heterocycles. The molecule has 0 aliphatic carbocycles. The monoisotopic (exact) mass is 1450 g/mol. The predicted molar refractivity (Wildman–Crippen MR) is 372 cm³/mol. The Bertz CT molecular complexity index is 3010. The van der Waals surface area contributed by atoms with Crippen LogP contribution in [0.4, 0.5) is 0 Å². The number of carbonyl (C=O) groups is 14. The molecule has 558 valence electrons. The number of aliphatic carboxylic acids is 1. The summed E-state index contributed by atoms with van der Waals surface area (Å²) in [6.45, 7) is 5.89. The van der Waals surface area contributed by atoms with Gasteiger partial charge in [-0.2, -0.15) is 0 Å². The second kappa shape index (κ2) is 45.4. The second-order valence-electron chi connectivity index (χ2n) is 24.1. The van der Waals surface area contributed by atoms with Crippen LogP contribution in [0.2, 0.25) is 0 Å². The molecule has 1 aromatic rings. The highest BCUT2D eigenvalue weighted by Crippen LogP contribution is 2.24. The first-order valence-electron chi connectivity index (χ1n) is 33.1. The van der Waals surface area contributed by atoms with Crippen molar-refractivity contribution < 1.29 is 77.3 Å². The highest BCUT2D eigenvalue weighted by atomic mass is 33.1. The number of nitrogens with one attached hydrogen (secondary N) is 14. The third kappa shape index (κ3) is 32.2. The Balaban J connectivity index is 2.11. The van der Waals surface area contributed by atoms with Crippen LogP contribution in [0.15, 0.2) is 34.3 Å². The second-order valence-corrected chi connectivity index (χ2v) is 26.6. The summed E-state index contributed by atoms with van der Waals surface area (Å²) >= 11 is 0. The number of unbranched alkanes of at least 4 members (excludes halogenated alkanes) is 1. The fourth-order valence-electron chi connectivity index (χ4n) is 9.81. The van der Waals surface area contributed by atoms with Gasteiger partial charge in [-0.25, -0.2) is 4.79 Å². The molecule has 0 saturated carbocycles. The lowest BCUT2D eigenvalue weighted by Crippen LogP contribution is -2.61. The Kier molecular flexibility index (Phi) is 38.6. The van der Waals surface area contributed by atoms with E-state index in [0.29, 0.717) is 50.6 Å². The fourth-order valence-corrected chi connectivity index (χ4v) is 12.1. The maximum Gasteiger partial charge on any atom is 0.326 e. The van der Waals surface area contributed by atoms with Crippen molar-refractivity contribution in [3.05, 3.63) is 29.8 Å². The molecule has 26 N–H and O–H groups in total. The Morgan fingerprint density at radius 1 is 0.580 bits per heavy atom. The van der Waals surface area contributed by atoms with E-state index < -0.39 is 181 Å². The normalized spacial score (nSPS) is 24.0. The van der Waals surface area contributed by atoms with Crippen molar-refractivity contribution in [2.24, 2.45) is 50.5 Å². The zero-order valence-electron chi connectivity index (χ0n) is 57.0. The van der Waals surface area contributed by atoms with Crippen LogP contribution >= 0.6 is 21.6 Å². The summed E-state index contributed by atoms with van der Waals surface area (Å²) in [7, 11) is 1.85. The number of carboxylic acids is 1. The number of carbonyl (C=O) groups excluding carboxylic acids is 13. The number of rotatable bonds is 23.